The number of hydrogen-bond acceptors (Lipinski definition) is 8. The van der Waals surface area contributed by atoms with Crippen LogP contribution in [0.15, 0.2) is 0 Å². The second-order valence-electron chi connectivity index (χ2n) is 5.68. The topological polar surface area (TPSA) is 185 Å². The van der Waals surface area contributed by atoms with Gasteiger partial charge in [-0.1, -0.05) is 12.8 Å². The summed E-state index contributed by atoms with van der Waals surface area (Å²) in [6.07, 6.45) is -0.796. The largest absolute Gasteiger partial charge is 0.480 e. The zero-order valence-electron chi connectivity index (χ0n) is 14.0. The van der Waals surface area contributed by atoms with E-state index in [-0.39, 0.29) is 12.8 Å². The maximum atomic E-state index is 12.6. The van der Waals surface area contributed by atoms with Crippen LogP contribution in [0.5, 0.6) is 0 Å². The van der Waals surface area contributed by atoms with Crippen LogP contribution in [-0.4, -0.2) is 45.9 Å². The Balaban J connectivity index is 3.53. The maximum Gasteiger partial charge on any atom is 0.329 e. The van der Waals surface area contributed by atoms with Crippen LogP contribution in [0.4, 0.5) is 0 Å². The van der Waals surface area contributed by atoms with Crippen LogP contribution in [0.1, 0.15) is 39.5 Å². The van der Waals surface area contributed by atoms with Gasteiger partial charge in [0.2, 0.25) is 0 Å². The van der Waals surface area contributed by atoms with Gasteiger partial charge in [-0.25, -0.2) is 0 Å². The molecule has 0 unspecified atom stereocenters. The van der Waals surface area contributed by atoms with E-state index in [0.717, 1.165) is 13.8 Å². The van der Waals surface area contributed by atoms with Crippen molar-refractivity contribution in [2.24, 2.45) is 10.8 Å². The van der Waals surface area contributed by atoms with Crippen LogP contribution in [-0.2, 0) is 38.4 Å². The predicted octanol–water partition coefficient (Wildman–Crippen LogP) is -1.11. The van der Waals surface area contributed by atoms with Crippen LogP contribution in [0.25, 0.3) is 0 Å². The zero-order valence-corrected chi connectivity index (χ0v) is 14.0. The third-order valence-corrected chi connectivity index (χ3v) is 4.16. The molecule has 0 saturated heterocycles. The van der Waals surface area contributed by atoms with Crippen LogP contribution in [0.3, 0.4) is 0 Å². The molecule has 1 rings (SSSR count). The molecule has 1 aliphatic carbocycles. The Morgan fingerprint density at radius 2 is 1.08 bits per heavy atom. The van der Waals surface area contributed by atoms with Crippen molar-refractivity contribution in [3.63, 3.8) is 0 Å². The summed E-state index contributed by atoms with van der Waals surface area (Å²) in [7, 11) is 0. The number of carboxylic acids is 2. The summed E-state index contributed by atoms with van der Waals surface area (Å²) >= 11 is 0. The summed E-state index contributed by atoms with van der Waals surface area (Å²) in [6.45, 7) is 1.85. The zero-order chi connectivity index (χ0) is 20.1. The van der Waals surface area contributed by atoms with Crippen molar-refractivity contribution in [3.8, 4) is 0 Å². The molecule has 144 valence electrons. The predicted molar refractivity (Wildman–Crippen MR) is 78.4 cm³/mol. The Hall–Kier alpha value is -3.18. The first-order valence-corrected chi connectivity index (χ1v) is 7.45. The van der Waals surface area contributed by atoms with Gasteiger partial charge in [0.25, 0.3) is 11.8 Å². The third kappa shape index (κ3) is 3.43. The number of carboxylic acid groups (broad SMARTS) is 2. The highest BCUT2D eigenvalue weighted by Gasteiger charge is 2.71. The number of rotatable bonds is 4. The lowest BCUT2D eigenvalue weighted by Gasteiger charge is -2.44. The van der Waals surface area contributed by atoms with Gasteiger partial charge in [0.1, 0.15) is 0 Å². The Morgan fingerprint density at radius 3 is 1.38 bits per heavy atom. The molecule has 26 heavy (non-hydrogen) atoms. The Morgan fingerprint density at radius 1 is 0.731 bits per heavy atom. The molecule has 0 aromatic rings. The summed E-state index contributed by atoms with van der Waals surface area (Å²) in [5.74, 6) is -8.74. The number of amides is 2. The first-order chi connectivity index (χ1) is 12.0. The van der Waals surface area contributed by atoms with Gasteiger partial charge in [0.15, 0.2) is 10.8 Å². The number of aliphatic carboxylic acids is 2. The van der Waals surface area contributed by atoms with Crippen molar-refractivity contribution in [1.29, 1.82) is 0 Å². The second kappa shape index (κ2) is 7.80. The molecule has 0 heterocycles. The summed E-state index contributed by atoms with van der Waals surface area (Å²) < 4.78 is 0. The van der Waals surface area contributed by atoms with Gasteiger partial charge in [-0.05, 0) is 12.8 Å². The fourth-order valence-corrected chi connectivity index (χ4v) is 3.01. The fraction of sp³-hybridized carbons (Fsp3) is 0.571. The molecule has 2 amide bonds. The maximum absolute atomic E-state index is 12.6. The van der Waals surface area contributed by atoms with E-state index in [1.807, 2.05) is 0 Å². The molecular formula is C14H18N2O10. The molecular weight excluding hydrogens is 356 g/mol. The van der Waals surface area contributed by atoms with E-state index in [9.17, 15) is 39.0 Å². The Labute approximate surface area is 146 Å². The fourth-order valence-electron chi connectivity index (χ4n) is 3.01. The monoisotopic (exact) mass is 374 g/mol. The van der Waals surface area contributed by atoms with Gasteiger partial charge >= 0.3 is 23.9 Å². The highest BCUT2D eigenvalue weighted by molar-refractivity contribution is 6.16. The number of nitrogens with one attached hydrogen (secondary N) is 2. The summed E-state index contributed by atoms with van der Waals surface area (Å²) in [5, 5.41) is 19.2. The normalized spacial score (nSPS) is 17.3. The van der Waals surface area contributed by atoms with Crippen LogP contribution in [0.2, 0.25) is 0 Å². The Kier molecular flexibility index (Phi) is 6.26. The van der Waals surface area contributed by atoms with Crippen molar-refractivity contribution < 1.29 is 48.7 Å². The molecule has 1 fully saturated rings. The summed E-state index contributed by atoms with van der Waals surface area (Å²) in [4.78, 5) is 79.4. The minimum atomic E-state index is -2.86. The molecule has 0 atom stereocenters. The molecule has 12 heteroatoms. The molecule has 0 radical (unpaired) electrons. The molecule has 1 saturated carbocycles. The van der Waals surface area contributed by atoms with Gasteiger partial charge in [-0.3, -0.25) is 28.8 Å². The molecule has 0 bridgehead atoms. The van der Waals surface area contributed by atoms with E-state index in [4.69, 9.17) is 0 Å². The molecule has 4 N–H and O–H groups in total. The molecule has 0 aromatic heterocycles. The average molecular weight is 374 g/mol. The first-order valence-electron chi connectivity index (χ1n) is 7.45. The van der Waals surface area contributed by atoms with E-state index in [2.05, 4.69) is 9.68 Å². The lowest BCUT2D eigenvalue weighted by Crippen LogP contribution is -2.67. The van der Waals surface area contributed by atoms with Crippen molar-refractivity contribution in [3.05, 3.63) is 0 Å². The second-order valence-corrected chi connectivity index (χ2v) is 5.68. The molecule has 1 aliphatic rings. The summed E-state index contributed by atoms with van der Waals surface area (Å²) in [6, 6.07) is 0. The minimum Gasteiger partial charge on any atom is -0.480 e. The van der Waals surface area contributed by atoms with E-state index < -0.39 is 59.4 Å². The van der Waals surface area contributed by atoms with Crippen LogP contribution < -0.4 is 11.0 Å². The van der Waals surface area contributed by atoms with Crippen LogP contribution in [0, 0.1) is 10.8 Å². The third-order valence-electron chi connectivity index (χ3n) is 4.16. The van der Waals surface area contributed by atoms with Crippen LogP contribution >= 0.6 is 0 Å². The summed E-state index contributed by atoms with van der Waals surface area (Å²) in [5.41, 5.74) is -2.37. The Bertz CT molecular complexity index is 612. The van der Waals surface area contributed by atoms with Gasteiger partial charge in [-0.15, -0.1) is 0 Å². The van der Waals surface area contributed by atoms with Crippen molar-refractivity contribution in [1.82, 2.24) is 11.0 Å². The smallest absolute Gasteiger partial charge is 0.329 e. The van der Waals surface area contributed by atoms with Gasteiger partial charge in [0.05, 0.1) is 0 Å². The van der Waals surface area contributed by atoms with E-state index >= 15 is 0 Å². The van der Waals surface area contributed by atoms with E-state index in [0.29, 0.717) is 0 Å². The van der Waals surface area contributed by atoms with Gasteiger partial charge < -0.3 is 19.9 Å². The highest BCUT2D eigenvalue weighted by atomic mass is 16.7. The molecule has 0 aliphatic heterocycles. The lowest BCUT2D eigenvalue weighted by atomic mass is 9.54. The quantitative estimate of drug-likeness (QED) is 0.347. The van der Waals surface area contributed by atoms with Crippen molar-refractivity contribution in [2.45, 2.75) is 39.5 Å². The van der Waals surface area contributed by atoms with E-state index in [1.54, 1.807) is 11.0 Å². The SMILES string of the molecule is CC(=O)ONC(=O)C1(C(=O)NOC(C)=O)CCCCC1(C(=O)O)C(=O)O. The molecule has 0 aromatic carbocycles. The van der Waals surface area contributed by atoms with E-state index in [1.165, 1.54) is 0 Å². The molecule has 12 nitrogen and oxygen atoms in total. The van der Waals surface area contributed by atoms with Crippen molar-refractivity contribution >= 4 is 35.7 Å². The lowest BCUT2D eigenvalue weighted by molar-refractivity contribution is -0.195. The number of hydroxylamine groups is 2. The number of carbonyl (C=O) groups is 6. The highest BCUT2D eigenvalue weighted by Crippen LogP contribution is 2.52. The molecule has 0 spiro atoms. The van der Waals surface area contributed by atoms with Gasteiger partial charge in [-0.2, -0.15) is 11.0 Å². The first kappa shape index (κ1) is 20.9. The number of hydrogen-bond donors (Lipinski definition) is 4. The minimum absolute atomic E-state index is 0.113. The van der Waals surface area contributed by atoms with Gasteiger partial charge in [0, 0.05) is 13.8 Å². The standard InChI is InChI=1S/C14H18N2O10/c1-7(17)25-15-9(19)13(10(20)16-26-8(2)18)5-3-4-6-14(13,11(21)22)12(23)24/h3-6H2,1-2H3,(H,15,19)(H,16,20)(H,21,22)(H,23,24). The number of carbonyl (C=O) groups excluding carboxylic acids is 4. The average Bonchev–Trinajstić information content (AvgIpc) is 2.56. The van der Waals surface area contributed by atoms with Crippen molar-refractivity contribution in [2.75, 3.05) is 0 Å².